The largest absolute Gasteiger partial charge is 0.460 e. The number of benzene rings is 1. The van der Waals surface area contributed by atoms with Crippen molar-refractivity contribution >= 4 is 24.0 Å². The summed E-state index contributed by atoms with van der Waals surface area (Å²) in [6.45, 7) is 2.75. The molecule has 0 radical (unpaired) electrons. The molecule has 1 amide bonds. The van der Waals surface area contributed by atoms with Crippen molar-refractivity contribution in [2.24, 2.45) is 10.4 Å². The van der Waals surface area contributed by atoms with E-state index in [9.17, 15) is 14.7 Å². The molecule has 1 aromatic carbocycles. The lowest BCUT2D eigenvalue weighted by Crippen LogP contribution is -2.49. The topological polar surface area (TPSA) is 118 Å². The van der Waals surface area contributed by atoms with Crippen molar-refractivity contribution < 1.29 is 19.4 Å². The van der Waals surface area contributed by atoms with Crippen LogP contribution in [0.25, 0.3) is 0 Å². The lowest BCUT2D eigenvalue weighted by molar-refractivity contribution is -0.162. The second kappa shape index (κ2) is 12.2. The zero-order valence-electron chi connectivity index (χ0n) is 21.0. The van der Waals surface area contributed by atoms with Crippen LogP contribution >= 0.6 is 0 Å². The van der Waals surface area contributed by atoms with Gasteiger partial charge in [0.2, 0.25) is 5.91 Å². The highest BCUT2D eigenvalue weighted by molar-refractivity contribution is 6.02. The van der Waals surface area contributed by atoms with E-state index < -0.39 is 17.5 Å². The van der Waals surface area contributed by atoms with Gasteiger partial charge < -0.3 is 25.0 Å². The molecule has 2 unspecified atom stereocenters. The first-order valence-electron chi connectivity index (χ1n) is 13.0. The van der Waals surface area contributed by atoms with E-state index in [1.165, 1.54) is 6.42 Å². The summed E-state index contributed by atoms with van der Waals surface area (Å²) in [5.41, 5.74) is 0.202. The summed E-state index contributed by atoms with van der Waals surface area (Å²) in [6, 6.07) is 9.62. The van der Waals surface area contributed by atoms with E-state index in [1.54, 1.807) is 19.6 Å². The number of aliphatic hydroxyl groups excluding tert-OH is 1. The van der Waals surface area contributed by atoms with Crippen LogP contribution in [0, 0.1) is 5.41 Å². The fourth-order valence-corrected chi connectivity index (χ4v) is 4.86. The fourth-order valence-electron chi connectivity index (χ4n) is 4.86. The number of rotatable bonds is 10. The minimum Gasteiger partial charge on any atom is -0.460 e. The third kappa shape index (κ3) is 6.32. The van der Waals surface area contributed by atoms with Crippen molar-refractivity contribution in [3.63, 3.8) is 0 Å². The van der Waals surface area contributed by atoms with E-state index in [4.69, 9.17) is 4.74 Å². The van der Waals surface area contributed by atoms with Crippen LogP contribution in [0.1, 0.15) is 75.7 Å². The van der Waals surface area contributed by atoms with Gasteiger partial charge >= 0.3 is 5.97 Å². The Hall–Kier alpha value is -3.20. The summed E-state index contributed by atoms with van der Waals surface area (Å²) in [5, 5.41) is 16.4. The molecule has 3 N–H and O–H groups in total. The molecule has 0 spiro atoms. The van der Waals surface area contributed by atoms with E-state index in [-0.39, 0.29) is 25.1 Å². The molecule has 2 atom stereocenters. The van der Waals surface area contributed by atoms with Gasteiger partial charge in [0, 0.05) is 12.6 Å². The molecule has 2 heterocycles. The Bertz CT molecular complexity index is 1050. The van der Waals surface area contributed by atoms with Gasteiger partial charge in [0.05, 0.1) is 19.2 Å². The molecule has 0 saturated heterocycles. The van der Waals surface area contributed by atoms with Crippen molar-refractivity contribution in [1.82, 2.24) is 14.9 Å². The molecule has 2 aromatic rings. The number of aromatic nitrogens is 2. The van der Waals surface area contributed by atoms with Gasteiger partial charge in [0.1, 0.15) is 29.6 Å². The van der Waals surface area contributed by atoms with Gasteiger partial charge in [0.15, 0.2) is 0 Å². The Morgan fingerprint density at radius 3 is 2.75 bits per heavy atom. The summed E-state index contributed by atoms with van der Waals surface area (Å²) >= 11 is 0. The molecule has 36 heavy (non-hydrogen) atoms. The Kier molecular flexibility index (Phi) is 8.74. The standard InChI is InChI=1S/C27H37N5O4/c1-27(25(34)31-21-12-6-3-7-13-21,26(35)36-17-20-10-4-2-5-11-20)14-8-9-15-32-19-30-23-22(33)16-28-18-29-24(23)32/h2,4-5,10-11,18-19,21-22,33H,3,6-9,12-17H2,1H3,(H,28,29)(H,31,34). The maximum Gasteiger partial charge on any atom is 0.321 e. The Labute approximate surface area is 212 Å². The number of ether oxygens (including phenoxy) is 1. The number of anilines is 1. The molecular weight excluding hydrogens is 458 g/mol. The highest BCUT2D eigenvalue weighted by Crippen LogP contribution is 2.30. The van der Waals surface area contributed by atoms with E-state index in [1.807, 2.05) is 34.9 Å². The number of amides is 1. The third-order valence-corrected chi connectivity index (χ3v) is 7.18. The molecule has 9 heteroatoms. The molecule has 1 aromatic heterocycles. The molecule has 0 bridgehead atoms. The lowest BCUT2D eigenvalue weighted by Gasteiger charge is -2.30. The highest BCUT2D eigenvalue weighted by atomic mass is 16.5. The van der Waals surface area contributed by atoms with Crippen LogP contribution in [-0.2, 0) is 27.5 Å². The van der Waals surface area contributed by atoms with Crippen molar-refractivity contribution in [3.05, 3.63) is 47.9 Å². The normalized spacial score (nSPS) is 19.4. The van der Waals surface area contributed by atoms with Gasteiger partial charge in [0.25, 0.3) is 0 Å². The molecule has 1 aliphatic carbocycles. The number of carbonyl (C=O) groups excluding carboxylic acids is 2. The van der Waals surface area contributed by atoms with Crippen molar-refractivity contribution in [2.45, 2.75) is 83.6 Å². The van der Waals surface area contributed by atoms with Crippen molar-refractivity contribution in [1.29, 1.82) is 0 Å². The van der Waals surface area contributed by atoms with Crippen LogP contribution in [0.2, 0.25) is 0 Å². The van der Waals surface area contributed by atoms with Crippen molar-refractivity contribution in [2.75, 3.05) is 11.9 Å². The maximum absolute atomic E-state index is 13.4. The van der Waals surface area contributed by atoms with Gasteiger partial charge in [-0.2, -0.15) is 0 Å². The average Bonchev–Trinajstić information content (AvgIpc) is 3.21. The van der Waals surface area contributed by atoms with E-state index >= 15 is 0 Å². The number of imidazole rings is 1. The summed E-state index contributed by atoms with van der Waals surface area (Å²) in [5.74, 6) is -0.00838. The van der Waals surface area contributed by atoms with Crippen LogP contribution in [0.3, 0.4) is 0 Å². The van der Waals surface area contributed by atoms with Gasteiger partial charge in [-0.05, 0) is 38.2 Å². The van der Waals surface area contributed by atoms with Gasteiger partial charge in [-0.25, -0.2) is 4.98 Å². The van der Waals surface area contributed by atoms with E-state index in [2.05, 4.69) is 20.6 Å². The van der Waals surface area contributed by atoms with Crippen LogP contribution < -0.4 is 10.6 Å². The molecule has 1 aliphatic heterocycles. The number of aliphatic imine (C=N–C) groups is 1. The smallest absolute Gasteiger partial charge is 0.321 e. The molecule has 4 rings (SSSR count). The average molecular weight is 496 g/mol. The quantitative estimate of drug-likeness (QED) is 0.263. The lowest BCUT2D eigenvalue weighted by atomic mass is 9.82. The van der Waals surface area contributed by atoms with E-state index in [0.29, 0.717) is 25.1 Å². The summed E-state index contributed by atoms with van der Waals surface area (Å²) in [4.78, 5) is 35.1. The van der Waals surface area contributed by atoms with Crippen LogP contribution in [0.15, 0.2) is 41.7 Å². The minimum absolute atomic E-state index is 0.119. The van der Waals surface area contributed by atoms with Crippen LogP contribution in [0.5, 0.6) is 0 Å². The Balaban J connectivity index is 1.38. The van der Waals surface area contributed by atoms with Crippen molar-refractivity contribution in [3.8, 4) is 0 Å². The Morgan fingerprint density at radius 2 is 1.97 bits per heavy atom. The first-order chi connectivity index (χ1) is 17.5. The number of nitrogens with one attached hydrogen (secondary N) is 2. The number of nitrogens with zero attached hydrogens (tertiary/aromatic N) is 3. The second-order valence-electron chi connectivity index (χ2n) is 9.99. The maximum atomic E-state index is 13.4. The van der Waals surface area contributed by atoms with Gasteiger partial charge in [-0.1, -0.05) is 56.0 Å². The minimum atomic E-state index is -1.26. The van der Waals surface area contributed by atoms with E-state index in [0.717, 1.165) is 43.5 Å². The zero-order chi connectivity index (χ0) is 25.4. The number of fused-ring (bicyclic) bond motifs is 1. The predicted octanol–water partition coefficient (Wildman–Crippen LogP) is 3.74. The number of aliphatic hydroxyl groups is 1. The number of hydrogen-bond acceptors (Lipinski definition) is 7. The third-order valence-electron chi connectivity index (χ3n) is 7.18. The number of unbranched alkanes of at least 4 members (excludes halogenated alkanes) is 1. The number of carbonyl (C=O) groups is 2. The molecule has 2 aliphatic rings. The Morgan fingerprint density at radius 1 is 1.19 bits per heavy atom. The first kappa shape index (κ1) is 25.9. The predicted molar refractivity (Wildman–Crippen MR) is 137 cm³/mol. The van der Waals surface area contributed by atoms with Gasteiger partial charge in [-0.15, -0.1) is 0 Å². The zero-order valence-corrected chi connectivity index (χ0v) is 21.0. The number of hydrogen-bond donors (Lipinski definition) is 3. The molecule has 1 fully saturated rings. The van der Waals surface area contributed by atoms with Crippen LogP contribution in [-0.4, -0.2) is 45.5 Å². The summed E-state index contributed by atoms with van der Waals surface area (Å²) < 4.78 is 7.57. The monoisotopic (exact) mass is 495 g/mol. The highest BCUT2D eigenvalue weighted by Gasteiger charge is 2.43. The molecule has 194 valence electrons. The van der Waals surface area contributed by atoms with Gasteiger partial charge in [-0.3, -0.25) is 14.6 Å². The number of esters is 1. The van der Waals surface area contributed by atoms with Crippen LogP contribution in [0.4, 0.5) is 5.82 Å². The second-order valence-corrected chi connectivity index (χ2v) is 9.99. The molecule has 1 saturated carbocycles. The summed E-state index contributed by atoms with van der Waals surface area (Å²) in [6.07, 6.45) is 9.60. The summed E-state index contributed by atoms with van der Waals surface area (Å²) in [7, 11) is 0. The molecular formula is C27H37N5O4. The molecule has 9 nitrogen and oxygen atoms in total. The first-order valence-corrected chi connectivity index (χ1v) is 13.0. The fraction of sp³-hybridized carbons (Fsp3) is 0.556. The number of aryl methyl sites for hydroxylation is 1. The SMILES string of the molecule is CC(CCCCn1cnc2c1NC=NCC2O)(C(=O)NC1CCCCC1)C(=O)OCc1ccccc1.